The maximum absolute atomic E-state index is 12.4. The summed E-state index contributed by atoms with van der Waals surface area (Å²) >= 11 is 0. The Morgan fingerprint density at radius 1 is 0.608 bits per heavy atom. The molecule has 0 amide bonds. The maximum atomic E-state index is 12.4. The summed E-state index contributed by atoms with van der Waals surface area (Å²) < 4.78 is 32.0. The highest BCUT2D eigenvalue weighted by molar-refractivity contribution is 7.46. The lowest BCUT2D eigenvalue weighted by molar-refractivity contribution is -0.161. The zero-order valence-electron chi connectivity index (χ0n) is 31.9. The first-order chi connectivity index (χ1) is 24.7. The predicted molar refractivity (Wildman–Crippen MR) is 206 cm³/mol. The molecule has 51 heavy (non-hydrogen) atoms. The Morgan fingerprint density at radius 2 is 1.08 bits per heavy atom. The van der Waals surface area contributed by atoms with E-state index in [1.165, 1.54) is 64.2 Å². The molecule has 0 aromatic heterocycles. The minimum atomic E-state index is -4.77. The van der Waals surface area contributed by atoms with Crippen molar-refractivity contribution in [2.24, 2.45) is 0 Å². The van der Waals surface area contributed by atoms with Crippen LogP contribution in [0.1, 0.15) is 168 Å². The lowest BCUT2D eigenvalue weighted by Crippen LogP contribution is -2.29. The average Bonchev–Trinajstić information content (AvgIpc) is 3.85. The molecular weight excluding hydrogens is 667 g/mol. The third-order valence-corrected chi connectivity index (χ3v) is 9.21. The SMILES string of the molecule is CCCCC/C=C\CC1OC1C/C=C\C/C=C\CCCC(=O)OC[C@H](COP(=O)(O)O)OC(=O)CCCCCCC/C=C\CCCCCCCC. The van der Waals surface area contributed by atoms with Crippen LogP contribution in [0.15, 0.2) is 48.6 Å². The molecule has 2 unspecified atom stereocenters. The van der Waals surface area contributed by atoms with Gasteiger partial charge in [0.2, 0.25) is 0 Å². The molecule has 3 atom stereocenters. The van der Waals surface area contributed by atoms with Crippen molar-refractivity contribution >= 4 is 19.8 Å². The topological polar surface area (TPSA) is 132 Å². The van der Waals surface area contributed by atoms with Crippen LogP contribution in [0.4, 0.5) is 0 Å². The molecule has 10 heteroatoms. The Balaban J connectivity index is 2.13. The molecule has 1 fully saturated rings. The Hall–Kier alpha value is -2.03. The molecule has 1 aliphatic rings. The number of esters is 2. The van der Waals surface area contributed by atoms with E-state index in [4.69, 9.17) is 24.0 Å². The number of hydrogen-bond acceptors (Lipinski definition) is 7. The average molecular weight is 739 g/mol. The molecule has 0 spiro atoms. The van der Waals surface area contributed by atoms with Gasteiger partial charge in [0.15, 0.2) is 6.10 Å². The first kappa shape index (κ1) is 47.0. The van der Waals surface area contributed by atoms with Gasteiger partial charge < -0.3 is 24.0 Å². The van der Waals surface area contributed by atoms with Crippen molar-refractivity contribution in [1.29, 1.82) is 0 Å². The van der Waals surface area contributed by atoms with E-state index < -0.39 is 32.5 Å². The number of phosphoric acid groups is 1. The fourth-order valence-electron chi connectivity index (χ4n) is 5.58. The van der Waals surface area contributed by atoms with Gasteiger partial charge in [-0.25, -0.2) is 4.57 Å². The highest BCUT2D eigenvalue weighted by Crippen LogP contribution is 2.36. The van der Waals surface area contributed by atoms with Gasteiger partial charge in [0.1, 0.15) is 6.61 Å². The van der Waals surface area contributed by atoms with E-state index in [0.29, 0.717) is 25.0 Å². The summed E-state index contributed by atoms with van der Waals surface area (Å²) in [5, 5.41) is 0. The van der Waals surface area contributed by atoms with Gasteiger partial charge in [-0.3, -0.25) is 14.1 Å². The second-order valence-electron chi connectivity index (χ2n) is 13.6. The third-order valence-electron chi connectivity index (χ3n) is 8.72. The zero-order valence-corrected chi connectivity index (χ0v) is 32.8. The number of rotatable bonds is 35. The smallest absolute Gasteiger partial charge is 0.462 e. The molecule has 1 saturated heterocycles. The summed E-state index contributed by atoms with van der Waals surface area (Å²) in [5.74, 6) is -0.968. The van der Waals surface area contributed by atoms with Crippen molar-refractivity contribution in [2.45, 2.75) is 186 Å². The van der Waals surface area contributed by atoms with Crippen LogP contribution >= 0.6 is 7.82 Å². The summed E-state index contributed by atoms with van der Waals surface area (Å²) in [7, 11) is -4.77. The van der Waals surface area contributed by atoms with Crippen molar-refractivity contribution in [2.75, 3.05) is 13.2 Å². The maximum Gasteiger partial charge on any atom is 0.469 e. The van der Waals surface area contributed by atoms with Crippen molar-refractivity contribution in [3.05, 3.63) is 48.6 Å². The van der Waals surface area contributed by atoms with Crippen LogP contribution in [-0.4, -0.2) is 53.3 Å². The van der Waals surface area contributed by atoms with Gasteiger partial charge >= 0.3 is 19.8 Å². The van der Waals surface area contributed by atoms with E-state index in [9.17, 15) is 14.2 Å². The van der Waals surface area contributed by atoms with E-state index in [0.717, 1.165) is 64.2 Å². The summed E-state index contributed by atoms with van der Waals surface area (Å²) in [6.07, 6.45) is 41.5. The van der Waals surface area contributed by atoms with Crippen LogP contribution in [0.25, 0.3) is 0 Å². The Labute approximate surface area is 309 Å². The minimum absolute atomic E-state index is 0.183. The number of carbonyl (C=O) groups excluding carboxylic acids is 2. The van der Waals surface area contributed by atoms with Crippen LogP contribution in [0.2, 0.25) is 0 Å². The Morgan fingerprint density at radius 3 is 1.73 bits per heavy atom. The van der Waals surface area contributed by atoms with Crippen LogP contribution < -0.4 is 0 Å². The molecule has 294 valence electrons. The first-order valence-corrected chi connectivity index (χ1v) is 21.6. The highest BCUT2D eigenvalue weighted by Gasteiger charge is 2.36. The number of phosphoric ester groups is 1. The quantitative estimate of drug-likeness (QED) is 0.0214. The van der Waals surface area contributed by atoms with Crippen LogP contribution in [0.3, 0.4) is 0 Å². The summed E-state index contributed by atoms with van der Waals surface area (Å²) in [6.45, 7) is 3.58. The van der Waals surface area contributed by atoms with E-state index >= 15 is 0 Å². The number of ether oxygens (including phenoxy) is 3. The van der Waals surface area contributed by atoms with Crippen LogP contribution in [0, 0.1) is 0 Å². The van der Waals surface area contributed by atoms with E-state index in [2.05, 4.69) is 60.9 Å². The second-order valence-corrected chi connectivity index (χ2v) is 14.9. The highest BCUT2D eigenvalue weighted by atomic mass is 31.2. The monoisotopic (exact) mass is 738 g/mol. The van der Waals surface area contributed by atoms with Crippen LogP contribution in [-0.2, 0) is 32.9 Å². The van der Waals surface area contributed by atoms with Gasteiger partial charge in [0, 0.05) is 12.8 Å². The zero-order chi connectivity index (χ0) is 37.3. The summed E-state index contributed by atoms with van der Waals surface area (Å²) in [5.41, 5.74) is 0. The molecule has 1 heterocycles. The Bertz CT molecular complexity index is 1030. The van der Waals surface area contributed by atoms with E-state index in [-0.39, 0.29) is 19.4 Å². The van der Waals surface area contributed by atoms with E-state index in [1.54, 1.807) is 0 Å². The fourth-order valence-corrected chi connectivity index (χ4v) is 5.94. The van der Waals surface area contributed by atoms with Crippen molar-refractivity contribution < 1.29 is 42.7 Å². The second kappa shape index (κ2) is 32.6. The molecular formula is C41H71O9P. The molecule has 1 aliphatic heterocycles. The molecule has 0 bridgehead atoms. The van der Waals surface area contributed by atoms with E-state index in [1.807, 2.05) is 6.08 Å². The summed E-state index contributed by atoms with van der Waals surface area (Å²) in [6, 6.07) is 0. The van der Waals surface area contributed by atoms with Crippen molar-refractivity contribution in [1.82, 2.24) is 0 Å². The fraction of sp³-hybridized carbons (Fsp3) is 0.756. The predicted octanol–water partition coefficient (Wildman–Crippen LogP) is 10.9. The largest absolute Gasteiger partial charge is 0.469 e. The molecule has 2 N–H and O–H groups in total. The van der Waals surface area contributed by atoms with Gasteiger partial charge in [0.05, 0.1) is 18.8 Å². The molecule has 1 rings (SSSR count). The van der Waals surface area contributed by atoms with Gasteiger partial charge in [-0.2, -0.15) is 0 Å². The van der Waals surface area contributed by atoms with Crippen molar-refractivity contribution in [3.63, 3.8) is 0 Å². The standard InChI is InChI=1S/C41H71O9P/c1-3-5-7-9-11-12-13-14-15-16-17-18-21-26-30-34-41(43)49-37(36-48-51(44,45)46)35-47-40(42)33-29-25-22-19-20-24-28-32-39-38(50-39)31-27-23-10-8-6-4-2/h14-15,19,22-24,27-28,37-39H,3-13,16-18,20-21,25-26,29-36H2,1-2H3,(H2,44,45,46)/b15-14-,22-19-,27-23-,28-24-/t37-,38?,39?/m1/s1. The number of epoxide rings is 1. The van der Waals surface area contributed by atoms with Gasteiger partial charge in [-0.05, 0) is 77.0 Å². The normalized spacial score (nSPS) is 16.9. The Kier molecular flexibility index (Phi) is 30.0. The van der Waals surface area contributed by atoms with Gasteiger partial charge in [0.25, 0.3) is 0 Å². The van der Waals surface area contributed by atoms with Crippen LogP contribution in [0.5, 0.6) is 0 Å². The third kappa shape index (κ3) is 32.4. The number of unbranched alkanes of at least 4 members (excludes halogenated alkanes) is 15. The number of hydrogen-bond donors (Lipinski definition) is 2. The van der Waals surface area contributed by atoms with Gasteiger partial charge in [-0.1, -0.05) is 127 Å². The molecule has 0 radical (unpaired) electrons. The summed E-state index contributed by atoms with van der Waals surface area (Å²) in [4.78, 5) is 42.8. The van der Waals surface area contributed by atoms with Gasteiger partial charge in [-0.15, -0.1) is 0 Å². The molecule has 0 aromatic carbocycles. The molecule has 9 nitrogen and oxygen atoms in total. The molecule has 0 aliphatic carbocycles. The molecule has 0 saturated carbocycles. The lowest BCUT2D eigenvalue weighted by Gasteiger charge is -2.18. The number of carbonyl (C=O) groups is 2. The van der Waals surface area contributed by atoms with Crippen molar-refractivity contribution in [3.8, 4) is 0 Å². The molecule has 0 aromatic rings. The number of allylic oxidation sites excluding steroid dienone is 6. The first-order valence-electron chi connectivity index (χ1n) is 20.1. The minimum Gasteiger partial charge on any atom is -0.462 e. The lowest BCUT2D eigenvalue weighted by atomic mass is 10.1.